The fourth-order valence-corrected chi connectivity index (χ4v) is 3.30. The number of nitrogens with one attached hydrogen (secondary N) is 2. The molecule has 1 aliphatic heterocycles. The molecule has 0 atom stereocenters. The Balaban J connectivity index is 1.56. The van der Waals surface area contributed by atoms with Crippen LogP contribution in [-0.2, 0) is 6.42 Å². The Morgan fingerprint density at radius 2 is 2.00 bits per heavy atom. The number of carbonyl (C=O) groups is 1. The molecule has 108 valence electrons. The van der Waals surface area contributed by atoms with Crippen LogP contribution in [0.1, 0.15) is 54.4 Å². The maximum absolute atomic E-state index is 12.3. The maximum atomic E-state index is 12.3. The normalized spacial score (nSPS) is 19.2. The molecule has 1 fully saturated rings. The molecule has 0 unspecified atom stereocenters. The third-order valence-electron chi connectivity index (χ3n) is 4.54. The first-order valence-electron chi connectivity index (χ1n) is 7.96. The lowest BCUT2D eigenvalue weighted by atomic mass is 10.0. The quantitative estimate of drug-likeness (QED) is 0.653. The predicted octanol–water partition coefficient (Wildman–Crippen LogP) is 3.15. The van der Waals surface area contributed by atoms with Crippen molar-refractivity contribution in [2.45, 2.75) is 51.0 Å². The number of rotatable bonds is 4. The van der Waals surface area contributed by atoms with Crippen molar-refractivity contribution < 1.29 is 4.79 Å². The van der Waals surface area contributed by atoms with Gasteiger partial charge in [-0.2, -0.15) is 0 Å². The van der Waals surface area contributed by atoms with E-state index in [1.165, 1.54) is 49.8 Å². The fourth-order valence-electron chi connectivity index (χ4n) is 3.30. The Labute approximate surface area is 121 Å². The molecule has 1 aromatic carbocycles. The molecular formula is C17H24N2O. The summed E-state index contributed by atoms with van der Waals surface area (Å²) in [6, 6.07) is 6.60. The second kappa shape index (κ2) is 6.40. The van der Waals surface area contributed by atoms with Gasteiger partial charge in [0.15, 0.2) is 5.78 Å². The number of anilines is 1. The summed E-state index contributed by atoms with van der Waals surface area (Å²) in [7, 11) is 0. The van der Waals surface area contributed by atoms with E-state index < -0.39 is 0 Å². The summed E-state index contributed by atoms with van der Waals surface area (Å²) in [4.78, 5) is 12.3. The van der Waals surface area contributed by atoms with Crippen LogP contribution in [0.25, 0.3) is 0 Å². The molecule has 3 rings (SSSR count). The van der Waals surface area contributed by atoms with Crippen LogP contribution in [-0.4, -0.2) is 24.9 Å². The van der Waals surface area contributed by atoms with Crippen molar-refractivity contribution in [2.75, 3.05) is 18.4 Å². The molecule has 2 aliphatic rings. The molecule has 0 saturated heterocycles. The number of hydrogen-bond acceptors (Lipinski definition) is 3. The van der Waals surface area contributed by atoms with Crippen LogP contribution in [0.3, 0.4) is 0 Å². The van der Waals surface area contributed by atoms with E-state index in [0.29, 0.717) is 12.6 Å². The number of benzene rings is 1. The van der Waals surface area contributed by atoms with Crippen molar-refractivity contribution in [1.82, 2.24) is 5.32 Å². The van der Waals surface area contributed by atoms with Gasteiger partial charge in [0.2, 0.25) is 0 Å². The van der Waals surface area contributed by atoms with Crippen LogP contribution in [0.2, 0.25) is 0 Å². The molecule has 0 radical (unpaired) electrons. The molecule has 3 heteroatoms. The van der Waals surface area contributed by atoms with E-state index in [0.717, 1.165) is 18.5 Å². The molecule has 1 saturated carbocycles. The Morgan fingerprint density at radius 1 is 1.20 bits per heavy atom. The van der Waals surface area contributed by atoms with Crippen molar-refractivity contribution in [1.29, 1.82) is 0 Å². The molecule has 1 heterocycles. The van der Waals surface area contributed by atoms with Crippen LogP contribution in [0.15, 0.2) is 18.2 Å². The summed E-state index contributed by atoms with van der Waals surface area (Å²) in [5.74, 6) is 0.226. The average Bonchev–Trinajstić information content (AvgIpc) is 2.78. The van der Waals surface area contributed by atoms with Crippen LogP contribution >= 0.6 is 0 Å². The van der Waals surface area contributed by atoms with Gasteiger partial charge in [0.25, 0.3) is 0 Å². The van der Waals surface area contributed by atoms with E-state index in [-0.39, 0.29) is 5.78 Å². The first-order chi connectivity index (χ1) is 9.83. The monoisotopic (exact) mass is 272 g/mol. The first kappa shape index (κ1) is 13.6. The molecule has 0 spiro atoms. The van der Waals surface area contributed by atoms with E-state index in [1.807, 2.05) is 12.1 Å². The summed E-state index contributed by atoms with van der Waals surface area (Å²) in [5, 5.41) is 6.79. The van der Waals surface area contributed by atoms with Crippen LogP contribution in [0.5, 0.6) is 0 Å². The molecular weight excluding hydrogens is 248 g/mol. The summed E-state index contributed by atoms with van der Waals surface area (Å²) in [6.45, 7) is 1.48. The Hall–Kier alpha value is -1.35. The molecule has 0 aromatic heterocycles. The van der Waals surface area contributed by atoms with Gasteiger partial charge in [-0.1, -0.05) is 25.7 Å². The second-order valence-electron chi connectivity index (χ2n) is 6.04. The van der Waals surface area contributed by atoms with E-state index in [9.17, 15) is 4.79 Å². The Bertz CT molecular complexity index is 476. The van der Waals surface area contributed by atoms with Crippen LogP contribution in [0, 0.1) is 0 Å². The summed E-state index contributed by atoms with van der Waals surface area (Å²) < 4.78 is 0. The number of carbonyl (C=O) groups excluding carboxylic acids is 1. The van der Waals surface area contributed by atoms with Crippen molar-refractivity contribution in [3.05, 3.63) is 29.3 Å². The number of hydrogen-bond donors (Lipinski definition) is 2. The third-order valence-corrected chi connectivity index (χ3v) is 4.54. The fraction of sp³-hybridized carbons (Fsp3) is 0.588. The standard InChI is InChI=1S/C17H24N2O/c20-17(12-19-15-5-3-1-2-4-6-15)14-7-8-16-13(11-14)9-10-18-16/h7-8,11,15,18-19H,1-6,9-10,12H2. The van der Waals surface area contributed by atoms with Gasteiger partial charge in [0, 0.05) is 23.8 Å². The largest absolute Gasteiger partial charge is 0.384 e. The molecule has 3 nitrogen and oxygen atoms in total. The van der Waals surface area contributed by atoms with Gasteiger partial charge < -0.3 is 10.6 Å². The van der Waals surface area contributed by atoms with Gasteiger partial charge in [-0.15, -0.1) is 0 Å². The van der Waals surface area contributed by atoms with Crippen molar-refractivity contribution >= 4 is 11.5 Å². The Kier molecular flexibility index (Phi) is 4.36. The third kappa shape index (κ3) is 3.21. The zero-order valence-corrected chi connectivity index (χ0v) is 12.1. The van der Waals surface area contributed by atoms with Gasteiger partial charge in [-0.25, -0.2) is 0 Å². The lowest BCUT2D eigenvalue weighted by Gasteiger charge is -2.15. The maximum Gasteiger partial charge on any atom is 0.176 e. The zero-order valence-electron chi connectivity index (χ0n) is 12.1. The molecule has 0 amide bonds. The predicted molar refractivity (Wildman–Crippen MR) is 82.5 cm³/mol. The molecule has 20 heavy (non-hydrogen) atoms. The lowest BCUT2D eigenvalue weighted by Crippen LogP contribution is -2.33. The topological polar surface area (TPSA) is 41.1 Å². The lowest BCUT2D eigenvalue weighted by molar-refractivity contribution is 0.0986. The van der Waals surface area contributed by atoms with Gasteiger partial charge in [-0.05, 0) is 43.0 Å². The second-order valence-corrected chi connectivity index (χ2v) is 6.04. The number of ketones is 1. The highest BCUT2D eigenvalue weighted by atomic mass is 16.1. The summed E-state index contributed by atoms with van der Waals surface area (Å²) in [5.41, 5.74) is 3.33. The molecule has 1 aromatic rings. The molecule has 2 N–H and O–H groups in total. The minimum Gasteiger partial charge on any atom is -0.384 e. The molecule has 0 bridgehead atoms. The van der Waals surface area contributed by atoms with Crippen molar-refractivity contribution in [3.8, 4) is 0 Å². The van der Waals surface area contributed by atoms with Gasteiger partial charge in [0.1, 0.15) is 0 Å². The highest BCUT2D eigenvalue weighted by Crippen LogP contribution is 2.23. The van der Waals surface area contributed by atoms with Gasteiger partial charge >= 0.3 is 0 Å². The SMILES string of the molecule is O=C(CNC1CCCCCC1)c1ccc2c(c1)CCN2. The Morgan fingerprint density at radius 3 is 2.80 bits per heavy atom. The van der Waals surface area contributed by atoms with E-state index >= 15 is 0 Å². The summed E-state index contributed by atoms with van der Waals surface area (Å²) in [6.07, 6.45) is 8.79. The number of Topliss-reactive ketones (excluding diaryl/α,β-unsaturated/α-hetero) is 1. The first-order valence-corrected chi connectivity index (χ1v) is 7.96. The zero-order chi connectivity index (χ0) is 13.8. The number of fused-ring (bicyclic) bond motifs is 1. The van der Waals surface area contributed by atoms with E-state index in [2.05, 4.69) is 16.7 Å². The highest BCUT2D eigenvalue weighted by Gasteiger charge is 2.16. The average molecular weight is 272 g/mol. The minimum absolute atomic E-state index is 0.226. The van der Waals surface area contributed by atoms with Gasteiger partial charge in [0.05, 0.1) is 6.54 Å². The van der Waals surface area contributed by atoms with Gasteiger partial charge in [-0.3, -0.25) is 4.79 Å². The molecule has 1 aliphatic carbocycles. The van der Waals surface area contributed by atoms with E-state index in [4.69, 9.17) is 0 Å². The van der Waals surface area contributed by atoms with Crippen LogP contribution < -0.4 is 10.6 Å². The summed E-state index contributed by atoms with van der Waals surface area (Å²) >= 11 is 0. The minimum atomic E-state index is 0.226. The van der Waals surface area contributed by atoms with E-state index in [1.54, 1.807) is 0 Å². The highest BCUT2D eigenvalue weighted by molar-refractivity contribution is 5.98. The smallest absolute Gasteiger partial charge is 0.176 e. The van der Waals surface area contributed by atoms with Crippen molar-refractivity contribution in [2.24, 2.45) is 0 Å². The van der Waals surface area contributed by atoms with Crippen molar-refractivity contribution in [3.63, 3.8) is 0 Å². The van der Waals surface area contributed by atoms with Crippen LogP contribution in [0.4, 0.5) is 5.69 Å².